The molecule has 0 bridgehead atoms. The minimum atomic E-state index is 0.162. The molecule has 1 heterocycles. The van der Waals surface area contributed by atoms with E-state index in [0.717, 1.165) is 12.8 Å². The second kappa shape index (κ2) is 3.16. The van der Waals surface area contributed by atoms with Crippen LogP contribution in [-0.4, -0.2) is 20.5 Å². The van der Waals surface area contributed by atoms with Gasteiger partial charge in [-0.25, -0.2) is 9.97 Å². The lowest BCUT2D eigenvalue weighted by atomic mass is 10.3. The molecule has 0 aromatic carbocycles. The molecule has 1 aliphatic carbocycles. The molecule has 0 saturated heterocycles. The second-order valence-electron chi connectivity index (χ2n) is 3.80. The van der Waals surface area contributed by atoms with Gasteiger partial charge in [0.15, 0.2) is 5.82 Å². The summed E-state index contributed by atoms with van der Waals surface area (Å²) in [7, 11) is 0. The summed E-state index contributed by atoms with van der Waals surface area (Å²) in [6.45, 7) is 2.14. The van der Waals surface area contributed by atoms with Crippen molar-refractivity contribution in [2.24, 2.45) is 5.73 Å². The van der Waals surface area contributed by atoms with Gasteiger partial charge >= 0.3 is 0 Å². The van der Waals surface area contributed by atoms with Gasteiger partial charge in [-0.1, -0.05) is 12.2 Å². The van der Waals surface area contributed by atoms with Crippen LogP contribution in [-0.2, 0) is 0 Å². The third kappa shape index (κ3) is 1.82. The van der Waals surface area contributed by atoms with E-state index in [1.54, 1.807) is 12.4 Å². The van der Waals surface area contributed by atoms with Crippen molar-refractivity contribution in [3.05, 3.63) is 18.1 Å². The number of nitrogens with one attached hydrogen (secondary N) is 1. The fourth-order valence-corrected chi connectivity index (χ4v) is 1.36. The number of hydrogen-bond acceptors (Lipinski definition) is 4. The van der Waals surface area contributed by atoms with Gasteiger partial charge < -0.3 is 11.1 Å². The summed E-state index contributed by atoms with van der Waals surface area (Å²) < 4.78 is 0. The number of nitrogens with two attached hydrogens (primary N) is 1. The standard InChI is InChI=1S/C9H12N4S/c1-9(2-3-9)13-8-6(7(10)14)11-4-5-12-8/h4-5H,2-3H2,1H3,(H2,10,14)(H,12,13). The normalized spacial score (nSPS) is 17.5. The summed E-state index contributed by atoms with van der Waals surface area (Å²) >= 11 is 4.89. The van der Waals surface area contributed by atoms with Crippen LogP contribution in [0.15, 0.2) is 12.4 Å². The molecule has 0 atom stereocenters. The first-order valence-corrected chi connectivity index (χ1v) is 4.91. The average molecular weight is 208 g/mol. The van der Waals surface area contributed by atoms with Gasteiger partial charge in [-0.05, 0) is 19.8 Å². The van der Waals surface area contributed by atoms with Crippen LogP contribution in [0.2, 0.25) is 0 Å². The number of thiocarbonyl (C=S) groups is 1. The van der Waals surface area contributed by atoms with Gasteiger partial charge in [0, 0.05) is 17.9 Å². The Bertz CT molecular complexity index is 373. The van der Waals surface area contributed by atoms with Gasteiger partial charge in [-0.2, -0.15) is 0 Å². The molecule has 1 saturated carbocycles. The van der Waals surface area contributed by atoms with Crippen LogP contribution in [0.5, 0.6) is 0 Å². The summed E-state index contributed by atoms with van der Waals surface area (Å²) in [6, 6.07) is 0. The van der Waals surface area contributed by atoms with Crippen LogP contribution < -0.4 is 11.1 Å². The first-order chi connectivity index (χ1) is 6.61. The van der Waals surface area contributed by atoms with Gasteiger partial charge in [0.05, 0.1) is 0 Å². The maximum absolute atomic E-state index is 5.54. The van der Waals surface area contributed by atoms with Crippen molar-refractivity contribution < 1.29 is 0 Å². The first-order valence-electron chi connectivity index (χ1n) is 4.50. The fraction of sp³-hybridized carbons (Fsp3) is 0.444. The molecule has 1 aromatic heterocycles. The zero-order valence-electron chi connectivity index (χ0n) is 7.95. The minimum Gasteiger partial charge on any atom is -0.388 e. The zero-order chi connectivity index (χ0) is 10.2. The molecule has 0 aliphatic heterocycles. The molecule has 74 valence electrons. The Kier molecular flexibility index (Phi) is 2.11. The summed E-state index contributed by atoms with van der Waals surface area (Å²) in [5.41, 5.74) is 6.28. The molecule has 1 aromatic rings. The molecule has 2 rings (SSSR count). The topological polar surface area (TPSA) is 63.8 Å². The molecule has 0 unspecified atom stereocenters. The number of rotatable bonds is 3. The number of anilines is 1. The lowest BCUT2D eigenvalue weighted by Gasteiger charge is -2.13. The fourth-order valence-electron chi connectivity index (χ4n) is 1.21. The van der Waals surface area contributed by atoms with E-state index in [0.29, 0.717) is 11.5 Å². The monoisotopic (exact) mass is 208 g/mol. The zero-order valence-corrected chi connectivity index (χ0v) is 8.77. The van der Waals surface area contributed by atoms with Gasteiger partial charge in [0.25, 0.3) is 0 Å². The summed E-state index contributed by atoms with van der Waals surface area (Å²) in [5.74, 6) is 0.694. The second-order valence-corrected chi connectivity index (χ2v) is 4.24. The highest BCUT2D eigenvalue weighted by Gasteiger charge is 2.38. The summed E-state index contributed by atoms with van der Waals surface area (Å²) in [5, 5.41) is 3.30. The molecule has 0 spiro atoms. The maximum Gasteiger partial charge on any atom is 0.155 e. The van der Waals surface area contributed by atoms with Crippen LogP contribution in [0.25, 0.3) is 0 Å². The summed E-state index contributed by atoms with van der Waals surface area (Å²) in [4.78, 5) is 8.57. The van der Waals surface area contributed by atoms with Gasteiger partial charge in [0.2, 0.25) is 0 Å². The van der Waals surface area contributed by atoms with Gasteiger partial charge in [-0.3, -0.25) is 0 Å². The van der Waals surface area contributed by atoms with E-state index in [4.69, 9.17) is 18.0 Å². The molecule has 4 nitrogen and oxygen atoms in total. The molecular formula is C9H12N4S. The van der Waals surface area contributed by atoms with Crippen LogP contribution in [0.3, 0.4) is 0 Å². The van der Waals surface area contributed by atoms with Crippen LogP contribution in [0.4, 0.5) is 5.82 Å². The van der Waals surface area contributed by atoms with E-state index in [2.05, 4.69) is 22.2 Å². The predicted molar refractivity (Wildman–Crippen MR) is 59.2 cm³/mol. The largest absolute Gasteiger partial charge is 0.388 e. The molecule has 14 heavy (non-hydrogen) atoms. The Morgan fingerprint density at radius 2 is 2.14 bits per heavy atom. The van der Waals surface area contributed by atoms with Crippen molar-refractivity contribution in [3.8, 4) is 0 Å². The lowest BCUT2D eigenvalue weighted by molar-refractivity contribution is 0.818. The van der Waals surface area contributed by atoms with Crippen molar-refractivity contribution in [1.82, 2.24) is 9.97 Å². The van der Waals surface area contributed by atoms with E-state index in [1.807, 2.05) is 0 Å². The number of aromatic nitrogens is 2. The minimum absolute atomic E-state index is 0.162. The average Bonchev–Trinajstić information content (AvgIpc) is 2.84. The molecule has 5 heteroatoms. The van der Waals surface area contributed by atoms with Crippen LogP contribution in [0.1, 0.15) is 25.5 Å². The van der Waals surface area contributed by atoms with E-state index in [9.17, 15) is 0 Å². The van der Waals surface area contributed by atoms with E-state index in [1.165, 1.54) is 0 Å². The smallest absolute Gasteiger partial charge is 0.155 e. The highest BCUT2D eigenvalue weighted by molar-refractivity contribution is 7.80. The molecule has 3 N–H and O–H groups in total. The Hall–Kier alpha value is -1.23. The molecule has 1 fully saturated rings. The van der Waals surface area contributed by atoms with Crippen molar-refractivity contribution in [2.75, 3.05) is 5.32 Å². The van der Waals surface area contributed by atoms with Crippen molar-refractivity contribution in [2.45, 2.75) is 25.3 Å². The first kappa shape index (κ1) is 9.33. The van der Waals surface area contributed by atoms with Gasteiger partial charge in [0.1, 0.15) is 10.7 Å². The SMILES string of the molecule is CC1(Nc2nccnc2C(N)=S)CC1. The molecule has 1 aliphatic rings. The van der Waals surface area contributed by atoms with E-state index in [-0.39, 0.29) is 10.5 Å². The third-order valence-corrected chi connectivity index (χ3v) is 2.55. The van der Waals surface area contributed by atoms with Crippen LogP contribution in [0, 0.1) is 0 Å². The van der Waals surface area contributed by atoms with Crippen molar-refractivity contribution in [3.63, 3.8) is 0 Å². The van der Waals surface area contributed by atoms with Crippen molar-refractivity contribution in [1.29, 1.82) is 0 Å². The molecule has 0 amide bonds. The maximum atomic E-state index is 5.54. The number of hydrogen-bond donors (Lipinski definition) is 2. The Morgan fingerprint density at radius 3 is 2.71 bits per heavy atom. The molecular weight excluding hydrogens is 196 g/mol. The Morgan fingerprint density at radius 1 is 1.50 bits per heavy atom. The Balaban J connectivity index is 2.27. The van der Waals surface area contributed by atoms with Gasteiger partial charge in [-0.15, -0.1) is 0 Å². The highest BCUT2D eigenvalue weighted by Crippen LogP contribution is 2.37. The summed E-state index contributed by atoms with van der Waals surface area (Å²) in [6.07, 6.45) is 5.53. The quantitative estimate of drug-likeness (QED) is 0.728. The van der Waals surface area contributed by atoms with E-state index < -0.39 is 0 Å². The number of nitrogens with zero attached hydrogens (tertiary/aromatic N) is 2. The molecule has 0 radical (unpaired) electrons. The predicted octanol–water partition coefficient (Wildman–Crippen LogP) is 1.08. The van der Waals surface area contributed by atoms with Crippen molar-refractivity contribution >= 4 is 23.0 Å². The highest BCUT2D eigenvalue weighted by atomic mass is 32.1. The van der Waals surface area contributed by atoms with E-state index >= 15 is 0 Å². The third-order valence-electron chi connectivity index (χ3n) is 2.35. The van der Waals surface area contributed by atoms with Crippen LogP contribution >= 0.6 is 12.2 Å². The Labute approximate surface area is 87.9 Å². The lowest BCUT2D eigenvalue weighted by Crippen LogP contribution is -2.22.